The van der Waals surface area contributed by atoms with Gasteiger partial charge in [-0.05, 0) is 32.7 Å². The molecule has 0 spiro atoms. The molecule has 0 aromatic heterocycles. The molecule has 2 unspecified atom stereocenters. The van der Waals surface area contributed by atoms with Crippen LogP contribution in [0.3, 0.4) is 0 Å². The van der Waals surface area contributed by atoms with Crippen LogP contribution in [0.5, 0.6) is 0 Å². The second kappa shape index (κ2) is 5.21. The minimum atomic E-state index is 0.110. The predicted molar refractivity (Wildman–Crippen MR) is 51.3 cm³/mol. The number of hydrogen-bond acceptors (Lipinski definition) is 3. The lowest BCUT2D eigenvalue weighted by Gasteiger charge is -2.35. The molecule has 0 N–H and O–H groups in total. The van der Waals surface area contributed by atoms with Crippen LogP contribution < -0.4 is 0 Å². The lowest BCUT2D eigenvalue weighted by Crippen LogP contribution is -2.46. The Morgan fingerprint density at radius 1 is 1.62 bits per heavy atom. The number of likely N-dealkylation sites (tertiary alicyclic amines) is 1. The fraction of sp³-hybridized carbons (Fsp3) is 0.900. The van der Waals surface area contributed by atoms with Crippen molar-refractivity contribution < 1.29 is 4.74 Å². The lowest BCUT2D eigenvalue weighted by atomic mass is 10.0. The van der Waals surface area contributed by atoms with Crippen LogP contribution in [-0.4, -0.2) is 37.2 Å². The highest BCUT2D eigenvalue weighted by atomic mass is 16.5. The zero-order chi connectivity index (χ0) is 9.68. The molecule has 0 saturated carbocycles. The van der Waals surface area contributed by atoms with Crippen molar-refractivity contribution in [1.29, 1.82) is 5.26 Å². The highest BCUT2D eigenvalue weighted by molar-refractivity contribution is 4.95. The average molecular weight is 182 g/mol. The maximum absolute atomic E-state index is 8.95. The average Bonchev–Trinajstić information content (AvgIpc) is 2.18. The fourth-order valence-corrected chi connectivity index (χ4v) is 1.96. The Bertz CT molecular complexity index is 188. The summed E-state index contributed by atoms with van der Waals surface area (Å²) >= 11 is 0. The van der Waals surface area contributed by atoms with Gasteiger partial charge in [-0.25, -0.2) is 0 Å². The largest absolute Gasteiger partial charge is 0.383 e. The number of ether oxygens (including phenoxy) is 1. The molecule has 1 fully saturated rings. The minimum absolute atomic E-state index is 0.110. The van der Waals surface area contributed by atoms with Gasteiger partial charge in [0.15, 0.2) is 0 Å². The summed E-state index contributed by atoms with van der Waals surface area (Å²) < 4.78 is 5.10. The van der Waals surface area contributed by atoms with Crippen molar-refractivity contribution >= 4 is 0 Å². The topological polar surface area (TPSA) is 36.3 Å². The van der Waals surface area contributed by atoms with Gasteiger partial charge in [-0.3, -0.25) is 4.90 Å². The van der Waals surface area contributed by atoms with E-state index in [4.69, 9.17) is 10.00 Å². The quantitative estimate of drug-likeness (QED) is 0.662. The van der Waals surface area contributed by atoms with Crippen molar-refractivity contribution in [1.82, 2.24) is 4.90 Å². The van der Waals surface area contributed by atoms with Crippen molar-refractivity contribution in [2.45, 2.75) is 38.3 Å². The molecular weight excluding hydrogens is 164 g/mol. The molecule has 0 aliphatic carbocycles. The SMILES string of the molecule is COCC(C)N1CCCCC1C#N. The molecule has 1 saturated heterocycles. The van der Waals surface area contributed by atoms with Gasteiger partial charge in [0.25, 0.3) is 0 Å². The molecule has 74 valence electrons. The Morgan fingerprint density at radius 2 is 2.38 bits per heavy atom. The smallest absolute Gasteiger partial charge is 0.0980 e. The van der Waals surface area contributed by atoms with Crippen LogP contribution in [0.25, 0.3) is 0 Å². The zero-order valence-corrected chi connectivity index (χ0v) is 8.49. The first kappa shape index (κ1) is 10.5. The van der Waals surface area contributed by atoms with E-state index in [1.165, 1.54) is 12.8 Å². The number of nitriles is 1. The Balaban J connectivity index is 2.49. The van der Waals surface area contributed by atoms with Crippen LogP contribution in [0.1, 0.15) is 26.2 Å². The van der Waals surface area contributed by atoms with E-state index in [2.05, 4.69) is 17.9 Å². The summed E-state index contributed by atoms with van der Waals surface area (Å²) in [6, 6.07) is 2.84. The number of rotatable bonds is 3. The molecule has 13 heavy (non-hydrogen) atoms. The number of piperidine rings is 1. The molecule has 0 aromatic rings. The van der Waals surface area contributed by atoms with Crippen molar-refractivity contribution in [2.75, 3.05) is 20.3 Å². The summed E-state index contributed by atoms with van der Waals surface area (Å²) in [4.78, 5) is 2.26. The van der Waals surface area contributed by atoms with Crippen molar-refractivity contribution in [3.05, 3.63) is 0 Å². The van der Waals surface area contributed by atoms with E-state index >= 15 is 0 Å². The molecule has 1 heterocycles. The van der Waals surface area contributed by atoms with Gasteiger partial charge in [0.05, 0.1) is 18.7 Å². The second-order valence-electron chi connectivity index (χ2n) is 3.68. The predicted octanol–water partition coefficient (Wildman–Crippen LogP) is 1.40. The van der Waals surface area contributed by atoms with Gasteiger partial charge in [-0.2, -0.15) is 5.26 Å². The molecule has 0 aromatic carbocycles. The molecule has 1 aliphatic rings. The van der Waals surface area contributed by atoms with Gasteiger partial charge in [0.2, 0.25) is 0 Å². The summed E-state index contributed by atoms with van der Waals surface area (Å²) in [6.07, 6.45) is 3.42. The van der Waals surface area contributed by atoms with E-state index in [9.17, 15) is 0 Å². The Kier molecular flexibility index (Phi) is 4.20. The van der Waals surface area contributed by atoms with E-state index < -0.39 is 0 Å². The summed E-state index contributed by atoms with van der Waals surface area (Å²) in [5, 5.41) is 8.95. The molecule has 0 amide bonds. The van der Waals surface area contributed by atoms with Crippen LogP contribution in [0.2, 0.25) is 0 Å². The van der Waals surface area contributed by atoms with Gasteiger partial charge in [0.1, 0.15) is 0 Å². The molecule has 1 aliphatic heterocycles. The molecule has 1 rings (SSSR count). The normalized spacial score (nSPS) is 26.7. The van der Waals surface area contributed by atoms with Crippen LogP contribution in [0.15, 0.2) is 0 Å². The third kappa shape index (κ3) is 2.68. The van der Waals surface area contributed by atoms with Gasteiger partial charge >= 0.3 is 0 Å². The van der Waals surface area contributed by atoms with E-state index in [-0.39, 0.29) is 6.04 Å². The van der Waals surface area contributed by atoms with Crippen LogP contribution in [-0.2, 0) is 4.74 Å². The molecule has 2 atom stereocenters. The first-order valence-electron chi connectivity index (χ1n) is 4.94. The summed E-state index contributed by atoms with van der Waals surface area (Å²) in [7, 11) is 1.71. The first-order chi connectivity index (χ1) is 6.29. The molecular formula is C10H18N2O. The monoisotopic (exact) mass is 182 g/mol. The Hall–Kier alpha value is -0.590. The zero-order valence-electron chi connectivity index (χ0n) is 8.49. The maximum Gasteiger partial charge on any atom is 0.0980 e. The van der Waals surface area contributed by atoms with Crippen molar-refractivity contribution in [3.63, 3.8) is 0 Å². The third-order valence-corrected chi connectivity index (χ3v) is 2.67. The second-order valence-corrected chi connectivity index (χ2v) is 3.68. The number of methoxy groups -OCH3 is 1. The van der Waals surface area contributed by atoms with Crippen LogP contribution in [0, 0.1) is 11.3 Å². The third-order valence-electron chi connectivity index (χ3n) is 2.67. The summed E-state index contributed by atoms with van der Waals surface area (Å²) in [6.45, 7) is 3.89. The number of hydrogen-bond donors (Lipinski definition) is 0. The van der Waals surface area contributed by atoms with E-state index in [1.54, 1.807) is 7.11 Å². The van der Waals surface area contributed by atoms with E-state index in [1.807, 2.05) is 0 Å². The van der Waals surface area contributed by atoms with Gasteiger partial charge in [-0.1, -0.05) is 0 Å². The molecule has 0 bridgehead atoms. The molecule has 0 radical (unpaired) electrons. The van der Waals surface area contributed by atoms with E-state index in [0.29, 0.717) is 6.04 Å². The maximum atomic E-state index is 8.95. The standard InChI is InChI=1S/C10H18N2O/c1-9(8-13-2)12-6-4-3-5-10(12)7-11/h9-10H,3-6,8H2,1-2H3. The van der Waals surface area contributed by atoms with Gasteiger partial charge in [-0.15, -0.1) is 0 Å². The summed E-state index contributed by atoms with van der Waals surface area (Å²) in [5.41, 5.74) is 0. The highest BCUT2D eigenvalue weighted by Gasteiger charge is 2.25. The molecule has 3 heteroatoms. The minimum Gasteiger partial charge on any atom is -0.383 e. The first-order valence-corrected chi connectivity index (χ1v) is 4.94. The molecule has 3 nitrogen and oxygen atoms in total. The van der Waals surface area contributed by atoms with E-state index in [0.717, 1.165) is 19.6 Å². The van der Waals surface area contributed by atoms with Crippen LogP contribution >= 0.6 is 0 Å². The number of nitrogens with zero attached hydrogens (tertiary/aromatic N) is 2. The van der Waals surface area contributed by atoms with Crippen molar-refractivity contribution in [3.8, 4) is 6.07 Å². The summed E-state index contributed by atoms with van der Waals surface area (Å²) in [5.74, 6) is 0. The van der Waals surface area contributed by atoms with Gasteiger partial charge < -0.3 is 4.74 Å². The van der Waals surface area contributed by atoms with Gasteiger partial charge in [0, 0.05) is 13.2 Å². The Labute approximate surface area is 80.3 Å². The van der Waals surface area contributed by atoms with Crippen LogP contribution in [0.4, 0.5) is 0 Å². The fourth-order valence-electron chi connectivity index (χ4n) is 1.96. The lowest BCUT2D eigenvalue weighted by molar-refractivity contribution is 0.0669. The van der Waals surface area contributed by atoms with Crippen molar-refractivity contribution in [2.24, 2.45) is 0 Å². The highest BCUT2D eigenvalue weighted by Crippen LogP contribution is 2.18. The Morgan fingerprint density at radius 3 is 3.00 bits per heavy atom.